The van der Waals surface area contributed by atoms with Crippen LogP contribution >= 0.6 is 11.3 Å². The number of para-hydroxylation sites is 2. The van der Waals surface area contributed by atoms with Crippen molar-refractivity contribution in [1.82, 2.24) is 4.98 Å². The summed E-state index contributed by atoms with van der Waals surface area (Å²) in [5.74, 6) is 0.0285. The van der Waals surface area contributed by atoms with Gasteiger partial charge in [-0.3, -0.25) is 15.1 Å². The van der Waals surface area contributed by atoms with Crippen molar-refractivity contribution in [3.8, 4) is 0 Å². The lowest BCUT2D eigenvalue weighted by Crippen LogP contribution is -2.29. The van der Waals surface area contributed by atoms with E-state index in [1.807, 2.05) is 54.6 Å². The minimum absolute atomic E-state index is 0.0412. The second-order valence-corrected chi connectivity index (χ2v) is 6.29. The normalized spacial score (nSPS) is 18.4. The molecule has 0 bridgehead atoms. The van der Waals surface area contributed by atoms with Gasteiger partial charge in [-0.25, -0.2) is 4.98 Å². The Morgan fingerprint density at radius 1 is 1.09 bits per heavy atom. The number of amidine groups is 1. The molecule has 1 atom stereocenters. The average Bonchev–Trinajstić information content (AvgIpc) is 3.09. The molecule has 22 heavy (non-hydrogen) atoms. The van der Waals surface area contributed by atoms with Gasteiger partial charge in [-0.15, -0.1) is 11.3 Å². The molecule has 4 nitrogen and oxygen atoms in total. The van der Waals surface area contributed by atoms with Gasteiger partial charge >= 0.3 is 0 Å². The Hall–Kier alpha value is -2.53. The zero-order chi connectivity index (χ0) is 15.1. The summed E-state index contributed by atoms with van der Waals surface area (Å²) in [6, 6.07) is 17.3. The van der Waals surface area contributed by atoms with Crippen LogP contribution in [0.3, 0.4) is 0 Å². The van der Waals surface area contributed by atoms with Crippen molar-refractivity contribution < 1.29 is 4.79 Å². The van der Waals surface area contributed by atoms with Gasteiger partial charge in [0.05, 0.1) is 21.8 Å². The lowest BCUT2D eigenvalue weighted by atomic mass is 10.1. The molecule has 1 saturated heterocycles. The highest BCUT2D eigenvalue weighted by Crippen LogP contribution is 2.36. The summed E-state index contributed by atoms with van der Waals surface area (Å²) in [7, 11) is 0. The predicted molar refractivity (Wildman–Crippen MR) is 88.6 cm³/mol. The molecule has 0 aliphatic carbocycles. The van der Waals surface area contributed by atoms with Crippen molar-refractivity contribution in [3.63, 3.8) is 0 Å². The minimum Gasteiger partial charge on any atom is -0.287 e. The first-order valence-corrected chi connectivity index (χ1v) is 7.87. The van der Waals surface area contributed by atoms with Gasteiger partial charge in [0.1, 0.15) is 10.8 Å². The summed E-state index contributed by atoms with van der Waals surface area (Å²) in [5, 5.41) is 9.26. The first kappa shape index (κ1) is 13.2. The molecule has 0 radical (unpaired) electrons. The van der Waals surface area contributed by atoms with Gasteiger partial charge < -0.3 is 0 Å². The number of hydrogen-bond acceptors (Lipinski definition) is 4. The van der Waals surface area contributed by atoms with E-state index in [-0.39, 0.29) is 11.8 Å². The third-order valence-corrected chi connectivity index (χ3v) is 4.97. The van der Waals surface area contributed by atoms with E-state index in [2.05, 4.69) is 4.98 Å². The maximum Gasteiger partial charge on any atom is 0.233 e. The molecule has 4 rings (SSSR count). The Morgan fingerprint density at radius 3 is 2.59 bits per heavy atom. The van der Waals surface area contributed by atoms with Gasteiger partial charge in [0, 0.05) is 6.42 Å². The van der Waals surface area contributed by atoms with Crippen LogP contribution in [0, 0.1) is 5.41 Å². The highest BCUT2D eigenvalue weighted by Gasteiger charge is 2.39. The monoisotopic (exact) mass is 307 g/mol. The first-order chi connectivity index (χ1) is 10.7. The zero-order valence-electron chi connectivity index (χ0n) is 11.7. The summed E-state index contributed by atoms with van der Waals surface area (Å²) in [6.45, 7) is 0. The van der Waals surface area contributed by atoms with Crippen molar-refractivity contribution in [1.29, 1.82) is 5.41 Å². The van der Waals surface area contributed by atoms with Crippen molar-refractivity contribution >= 4 is 39.0 Å². The molecule has 3 aromatic rings. The SMILES string of the molecule is N=C1C(c2nc3ccccc3s2)CC(=O)N1c1ccccc1. The molecular formula is C17H13N3OS. The van der Waals surface area contributed by atoms with Crippen molar-refractivity contribution in [2.24, 2.45) is 0 Å². The quantitative estimate of drug-likeness (QED) is 0.783. The number of aromatic nitrogens is 1. The van der Waals surface area contributed by atoms with Gasteiger partial charge in [-0.05, 0) is 24.3 Å². The van der Waals surface area contributed by atoms with E-state index in [1.165, 1.54) is 4.90 Å². The number of anilines is 1. The molecule has 0 saturated carbocycles. The second-order valence-electron chi connectivity index (χ2n) is 5.23. The summed E-state index contributed by atoms with van der Waals surface area (Å²) in [6.07, 6.45) is 0.313. The number of amides is 1. The molecule has 1 aliphatic rings. The Balaban J connectivity index is 1.72. The summed E-state index contributed by atoms with van der Waals surface area (Å²) >= 11 is 1.57. The van der Waals surface area contributed by atoms with E-state index in [4.69, 9.17) is 5.41 Å². The van der Waals surface area contributed by atoms with Gasteiger partial charge in [-0.2, -0.15) is 0 Å². The number of rotatable bonds is 2. The molecule has 2 aromatic carbocycles. The number of nitrogens with one attached hydrogen (secondary N) is 1. The summed E-state index contributed by atoms with van der Waals surface area (Å²) in [5.41, 5.74) is 1.68. The predicted octanol–water partition coefficient (Wildman–Crippen LogP) is 3.79. The molecule has 108 valence electrons. The molecular weight excluding hydrogens is 294 g/mol. The molecule has 1 amide bonds. The Kier molecular flexibility index (Phi) is 3.01. The van der Waals surface area contributed by atoms with Crippen LogP contribution in [0.4, 0.5) is 5.69 Å². The van der Waals surface area contributed by atoms with E-state index in [9.17, 15) is 4.79 Å². The first-order valence-electron chi connectivity index (χ1n) is 7.06. The standard InChI is InChI=1S/C17H13N3OS/c18-16-12(17-19-13-8-4-5-9-14(13)22-17)10-15(21)20(16)11-6-2-1-3-7-11/h1-9,12,18H,10H2. The maximum atomic E-state index is 12.3. The number of carbonyl (C=O) groups is 1. The van der Waals surface area contributed by atoms with Crippen LogP contribution in [0.1, 0.15) is 17.3 Å². The molecule has 1 N–H and O–H groups in total. The molecule has 2 heterocycles. The van der Waals surface area contributed by atoms with Crippen molar-refractivity contribution in [2.75, 3.05) is 4.90 Å². The molecule has 1 aliphatic heterocycles. The van der Waals surface area contributed by atoms with Gasteiger partial charge in [-0.1, -0.05) is 30.3 Å². The lowest BCUT2D eigenvalue weighted by molar-refractivity contribution is -0.116. The van der Waals surface area contributed by atoms with Crippen molar-refractivity contribution in [2.45, 2.75) is 12.3 Å². The fraction of sp³-hybridized carbons (Fsp3) is 0.118. The van der Waals surface area contributed by atoms with Crippen LogP contribution < -0.4 is 4.90 Å². The summed E-state index contributed by atoms with van der Waals surface area (Å²) in [4.78, 5) is 18.4. The Morgan fingerprint density at radius 2 is 1.82 bits per heavy atom. The van der Waals surface area contributed by atoms with E-state index >= 15 is 0 Å². The van der Waals surface area contributed by atoms with Gasteiger partial charge in [0.2, 0.25) is 5.91 Å². The third kappa shape index (κ3) is 2.02. The van der Waals surface area contributed by atoms with E-state index in [0.29, 0.717) is 12.3 Å². The number of nitrogens with zero attached hydrogens (tertiary/aromatic N) is 2. The number of thiazole rings is 1. The van der Waals surface area contributed by atoms with Gasteiger partial charge in [0.15, 0.2) is 0 Å². The molecule has 1 unspecified atom stereocenters. The van der Waals surface area contributed by atoms with Crippen LogP contribution in [0.2, 0.25) is 0 Å². The Bertz CT molecular complexity index is 839. The Labute approximate surface area is 131 Å². The third-order valence-electron chi connectivity index (χ3n) is 3.82. The van der Waals surface area contributed by atoms with Gasteiger partial charge in [0.25, 0.3) is 0 Å². The van der Waals surface area contributed by atoms with Crippen LogP contribution in [0.25, 0.3) is 10.2 Å². The molecule has 1 fully saturated rings. The molecule has 1 aromatic heterocycles. The fourth-order valence-corrected chi connectivity index (χ4v) is 3.83. The fourth-order valence-electron chi connectivity index (χ4n) is 2.76. The largest absolute Gasteiger partial charge is 0.287 e. The molecule has 5 heteroatoms. The lowest BCUT2D eigenvalue weighted by Gasteiger charge is -2.16. The van der Waals surface area contributed by atoms with E-state index in [1.54, 1.807) is 11.3 Å². The number of carbonyl (C=O) groups excluding carboxylic acids is 1. The average molecular weight is 307 g/mol. The number of hydrogen-bond donors (Lipinski definition) is 1. The van der Waals surface area contributed by atoms with E-state index < -0.39 is 0 Å². The smallest absolute Gasteiger partial charge is 0.233 e. The minimum atomic E-state index is -0.245. The maximum absolute atomic E-state index is 12.3. The highest BCUT2D eigenvalue weighted by atomic mass is 32.1. The number of benzene rings is 2. The highest BCUT2D eigenvalue weighted by molar-refractivity contribution is 7.18. The van der Waals surface area contributed by atoms with Crippen LogP contribution in [-0.2, 0) is 4.79 Å². The van der Waals surface area contributed by atoms with Crippen LogP contribution in [0.5, 0.6) is 0 Å². The molecule has 0 spiro atoms. The van der Waals surface area contributed by atoms with Crippen molar-refractivity contribution in [3.05, 3.63) is 59.6 Å². The second kappa shape index (κ2) is 5.03. The zero-order valence-corrected chi connectivity index (χ0v) is 12.5. The summed E-state index contributed by atoms with van der Waals surface area (Å²) < 4.78 is 1.09. The van der Waals surface area contributed by atoms with Crippen LogP contribution in [0.15, 0.2) is 54.6 Å². The van der Waals surface area contributed by atoms with Crippen LogP contribution in [-0.4, -0.2) is 16.7 Å². The number of fused-ring (bicyclic) bond motifs is 1. The van der Waals surface area contributed by atoms with E-state index in [0.717, 1.165) is 20.9 Å². The topological polar surface area (TPSA) is 57.1 Å².